The lowest BCUT2D eigenvalue weighted by molar-refractivity contribution is 0.305. The Labute approximate surface area is 297 Å². The number of nitrogens with zero attached hydrogens (tertiary/aromatic N) is 4. The average Bonchev–Trinajstić information content (AvgIpc) is 3.57. The summed E-state index contributed by atoms with van der Waals surface area (Å²) in [7, 11) is -3.51. The molecule has 0 bridgehead atoms. The van der Waals surface area contributed by atoms with E-state index in [1.807, 2.05) is 55.7 Å². The van der Waals surface area contributed by atoms with E-state index in [1.165, 1.54) is 6.26 Å². The molecule has 8 heteroatoms. The van der Waals surface area contributed by atoms with Crippen LogP contribution in [0.25, 0.3) is 0 Å². The van der Waals surface area contributed by atoms with Gasteiger partial charge in [0.05, 0.1) is 24.8 Å². The SMILES string of the molecule is Cc1ccc(CN(C2Cc3cc(Br)ccc3N(Cc3cn(C(c4ccccc4)(c4ccccc4)c4ccccc4)cn3)C2)S(C)(=O)=O)cc1. The van der Waals surface area contributed by atoms with Gasteiger partial charge in [0.25, 0.3) is 0 Å². The molecule has 1 aliphatic rings. The van der Waals surface area contributed by atoms with E-state index in [9.17, 15) is 8.42 Å². The maximum atomic E-state index is 13.3. The normalized spacial score (nSPS) is 14.9. The first-order chi connectivity index (χ1) is 23.7. The third kappa shape index (κ3) is 6.73. The zero-order chi connectivity index (χ0) is 34.0. The van der Waals surface area contributed by atoms with Crippen molar-refractivity contribution in [3.8, 4) is 0 Å². The number of fused-ring (bicyclic) bond motifs is 1. The van der Waals surface area contributed by atoms with E-state index >= 15 is 0 Å². The molecule has 1 aliphatic heterocycles. The van der Waals surface area contributed by atoms with E-state index in [0.717, 1.165) is 49.2 Å². The number of aryl methyl sites for hydroxylation is 1. The van der Waals surface area contributed by atoms with Gasteiger partial charge in [-0.3, -0.25) is 0 Å². The summed E-state index contributed by atoms with van der Waals surface area (Å²) in [6, 6.07) is 45.9. The Morgan fingerprint density at radius 1 is 0.816 bits per heavy atom. The van der Waals surface area contributed by atoms with Crippen LogP contribution in [0.1, 0.15) is 39.1 Å². The largest absolute Gasteiger partial charge is 0.364 e. The second-order valence-electron chi connectivity index (χ2n) is 12.9. The lowest BCUT2D eigenvalue weighted by atomic mass is 9.77. The predicted molar refractivity (Wildman–Crippen MR) is 201 cm³/mol. The first-order valence-corrected chi connectivity index (χ1v) is 19.1. The molecule has 6 nitrogen and oxygen atoms in total. The fourth-order valence-corrected chi connectivity index (χ4v) is 8.71. The number of halogens is 1. The number of imidazole rings is 1. The van der Waals surface area contributed by atoms with Gasteiger partial charge in [-0.1, -0.05) is 137 Å². The molecule has 0 amide bonds. The van der Waals surface area contributed by atoms with E-state index in [1.54, 1.807) is 4.31 Å². The molecule has 1 aromatic heterocycles. The van der Waals surface area contributed by atoms with Crippen LogP contribution in [0.3, 0.4) is 0 Å². The molecule has 0 saturated heterocycles. The Hall–Kier alpha value is -4.50. The third-order valence-corrected chi connectivity index (χ3v) is 11.3. The van der Waals surface area contributed by atoms with E-state index in [0.29, 0.717) is 26.1 Å². The van der Waals surface area contributed by atoms with Crippen molar-refractivity contribution in [3.05, 3.63) is 190 Å². The molecule has 248 valence electrons. The summed E-state index contributed by atoms with van der Waals surface area (Å²) >= 11 is 3.66. The fourth-order valence-electron chi connectivity index (χ4n) is 7.24. The van der Waals surface area contributed by atoms with E-state index in [-0.39, 0.29) is 6.04 Å². The highest BCUT2D eigenvalue weighted by atomic mass is 79.9. The van der Waals surface area contributed by atoms with Gasteiger partial charge < -0.3 is 9.47 Å². The maximum absolute atomic E-state index is 13.3. The van der Waals surface area contributed by atoms with Gasteiger partial charge in [0, 0.05) is 35.5 Å². The first kappa shape index (κ1) is 33.0. The van der Waals surface area contributed by atoms with Gasteiger partial charge in [0.15, 0.2) is 0 Å². The molecule has 0 spiro atoms. The predicted octanol–water partition coefficient (Wildman–Crippen LogP) is 8.19. The van der Waals surface area contributed by atoms with Crippen molar-refractivity contribution in [2.75, 3.05) is 17.7 Å². The molecule has 2 heterocycles. The van der Waals surface area contributed by atoms with Gasteiger partial charge in [0.1, 0.15) is 5.54 Å². The van der Waals surface area contributed by atoms with E-state index in [2.05, 4.69) is 123 Å². The number of hydrogen-bond acceptors (Lipinski definition) is 4. The summed E-state index contributed by atoms with van der Waals surface area (Å²) in [5.74, 6) is 0. The second-order valence-corrected chi connectivity index (χ2v) is 15.7. The highest BCUT2D eigenvalue weighted by molar-refractivity contribution is 9.10. The average molecular weight is 732 g/mol. The molecule has 1 atom stereocenters. The molecule has 1 unspecified atom stereocenters. The fraction of sp³-hybridized carbons (Fsp3) is 0.195. The van der Waals surface area contributed by atoms with Crippen LogP contribution >= 0.6 is 15.9 Å². The van der Waals surface area contributed by atoms with Crippen molar-refractivity contribution < 1.29 is 8.42 Å². The first-order valence-electron chi connectivity index (χ1n) is 16.5. The zero-order valence-electron chi connectivity index (χ0n) is 27.7. The number of benzene rings is 5. The molecule has 7 rings (SSSR count). The Kier molecular flexibility index (Phi) is 9.29. The Morgan fingerprint density at radius 3 is 1.94 bits per heavy atom. The minimum atomic E-state index is -3.51. The Morgan fingerprint density at radius 2 is 1.39 bits per heavy atom. The molecule has 6 aromatic rings. The summed E-state index contributed by atoms with van der Waals surface area (Å²) in [6.07, 6.45) is 6.03. The topological polar surface area (TPSA) is 58.4 Å². The number of hydrogen-bond donors (Lipinski definition) is 0. The van der Waals surface area contributed by atoms with Crippen molar-refractivity contribution in [1.82, 2.24) is 13.9 Å². The standard InChI is InChI=1S/C41H39BrN4O2S/c1-31-18-20-32(21-19-31)26-46(49(2,47)48)39-25-33-24-37(42)22-23-40(33)44(29-39)27-38-28-45(30-43-38)41(34-12-6-3-7-13-34,35-14-8-4-9-15-35)36-16-10-5-11-17-36/h3-24,28,30,39H,25-27,29H2,1-2H3. The zero-order valence-corrected chi connectivity index (χ0v) is 30.1. The van der Waals surface area contributed by atoms with Gasteiger partial charge in [0.2, 0.25) is 10.0 Å². The van der Waals surface area contributed by atoms with Gasteiger partial charge in [-0.25, -0.2) is 13.4 Å². The van der Waals surface area contributed by atoms with Crippen molar-refractivity contribution in [2.24, 2.45) is 0 Å². The molecule has 49 heavy (non-hydrogen) atoms. The highest BCUT2D eigenvalue weighted by Crippen LogP contribution is 2.41. The van der Waals surface area contributed by atoms with Crippen LogP contribution in [0.15, 0.2) is 150 Å². The quantitative estimate of drug-likeness (QED) is 0.134. The lowest BCUT2D eigenvalue weighted by Crippen LogP contribution is -2.50. The van der Waals surface area contributed by atoms with Crippen molar-refractivity contribution in [3.63, 3.8) is 0 Å². The number of rotatable bonds is 10. The summed E-state index contributed by atoms with van der Waals surface area (Å²) in [6.45, 7) is 3.43. The molecule has 5 aromatic carbocycles. The molecule has 0 fully saturated rings. The second kappa shape index (κ2) is 13.8. The van der Waals surface area contributed by atoms with Crippen molar-refractivity contribution >= 4 is 31.6 Å². The molecular weight excluding hydrogens is 692 g/mol. The van der Waals surface area contributed by atoms with Crippen LogP contribution in [0.5, 0.6) is 0 Å². The molecule has 0 aliphatic carbocycles. The van der Waals surface area contributed by atoms with Gasteiger partial charge in [-0.15, -0.1) is 0 Å². The smallest absolute Gasteiger partial charge is 0.211 e. The number of anilines is 1. The Balaban J connectivity index is 1.29. The van der Waals surface area contributed by atoms with Crippen molar-refractivity contribution in [1.29, 1.82) is 0 Å². The van der Waals surface area contributed by atoms with Gasteiger partial charge >= 0.3 is 0 Å². The van der Waals surface area contributed by atoms with Gasteiger partial charge in [-0.05, 0) is 59.4 Å². The summed E-state index contributed by atoms with van der Waals surface area (Å²) < 4.78 is 31.6. The van der Waals surface area contributed by atoms with Crippen molar-refractivity contribution in [2.45, 2.75) is 38.0 Å². The van der Waals surface area contributed by atoms with Gasteiger partial charge in [-0.2, -0.15) is 4.31 Å². The molecule has 0 saturated carbocycles. The molecule has 0 N–H and O–H groups in total. The van der Waals surface area contributed by atoms with Crippen LogP contribution in [-0.2, 0) is 35.1 Å². The third-order valence-electron chi connectivity index (χ3n) is 9.51. The van der Waals surface area contributed by atoms with Crippen LogP contribution < -0.4 is 4.90 Å². The highest BCUT2D eigenvalue weighted by Gasteiger charge is 2.39. The monoisotopic (exact) mass is 730 g/mol. The lowest BCUT2D eigenvalue weighted by Gasteiger charge is -2.40. The minimum Gasteiger partial charge on any atom is -0.364 e. The summed E-state index contributed by atoms with van der Waals surface area (Å²) in [5, 5.41) is 0. The molecular formula is C41H39BrN4O2S. The summed E-state index contributed by atoms with van der Waals surface area (Å²) in [4.78, 5) is 7.30. The van der Waals surface area contributed by atoms with Crippen LogP contribution in [0.4, 0.5) is 5.69 Å². The van der Waals surface area contributed by atoms with Crippen LogP contribution in [0.2, 0.25) is 0 Å². The van der Waals surface area contributed by atoms with E-state index in [4.69, 9.17) is 4.98 Å². The van der Waals surface area contributed by atoms with E-state index < -0.39 is 15.6 Å². The molecule has 0 radical (unpaired) electrons. The summed E-state index contributed by atoms with van der Waals surface area (Å²) in [5.41, 5.74) is 7.94. The van der Waals surface area contributed by atoms with Crippen LogP contribution in [-0.4, -0.2) is 41.1 Å². The minimum absolute atomic E-state index is 0.253. The number of aromatic nitrogens is 2. The Bertz CT molecular complexity index is 2040. The maximum Gasteiger partial charge on any atom is 0.211 e. The van der Waals surface area contributed by atoms with Crippen LogP contribution in [0, 0.1) is 6.92 Å². The number of sulfonamides is 1.